The molecule has 1 atom stereocenters. The van der Waals surface area contributed by atoms with Crippen LogP contribution in [0.25, 0.3) is 0 Å². The molecular formula is C19H29IN4O3S2. The number of benzene rings is 1. The largest absolute Gasteiger partial charge is 0.384 e. The predicted molar refractivity (Wildman–Crippen MR) is 130 cm³/mol. The molecule has 1 heterocycles. The highest BCUT2D eigenvalue weighted by molar-refractivity contribution is 14.0. The number of nitrogens with one attached hydrogen (secondary N) is 3. The minimum atomic E-state index is -3.49. The summed E-state index contributed by atoms with van der Waals surface area (Å²) in [6.07, 6.45) is 0. The van der Waals surface area contributed by atoms with Gasteiger partial charge in [0.25, 0.3) is 0 Å². The van der Waals surface area contributed by atoms with Gasteiger partial charge in [-0.3, -0.25) is 0 Å². The molecule has 1 aromatic heterocycles. The Labute approximate surface area is 194 Å². The standard InChI is InChI=1S/C19H28N4O3S2.HI/c1-4-20-18(22-14-19(3,24)16-8-6-5-7-9-16)21-12-13-23-28(25,26)17-11-10-15(2)27-17;/h5-11,23-24H,4,12-14H2,1-3H3,(H2,20,21,22);1H. The highest BCUT2D eigenvalue weighted by Crippen LogP contribution is 2.21. The number of thiophene rings is 1. The van der Waals surface area contributed by atoms with Gasteiger partial charge in [0.2, 0.25) is 10.0 Å². The molecule has 1 aromatic carbocycles. The molecule has 0 aliphatic carbocycles. The zero-order chi connectivity index (χ0) is 20.6. The van der Waals surface area contributed by atoms with Crippen LogP contribution in [-0.2, 0) is 15.6 Å². The molecule has 0 amide bonds. The van der Waals surface area contributed by atoms with Crippen molar-refractivity contribution in [1.29, 1.82) is 0 Å². The van der Waals surface area contributed by atoms with E-state index in [-0.39, 0.29) is 37.1 Å². The highest BCUT2D eigenvalue weighted by Gasteiger charge is 2.22. The Morgan fingerprint density at radius 1 is 1.14 bits per heavy atom. The highest BCUT2D eigenvalue weighted by atomic mass is 127. The van der Waals surface area contributed by atoms with E-state index in [4.69, 9.17) is 0 Å². The second-order valence-electron chi connectivity index (χ2n) is 6.52. The number of aliphatic imine (C=N–C) groups is 1. The molecule has 0 bridgehead atoms. The lowest BCUT2D eigenvalue weighted by molar-refractivity contribution is 0.0672. The van der Waals surface area contributed by atoms with Crippen LogP contribution < -0.4 is 15.4 Å². The smallest absolute Gasteiger partial charge is 0.250 e. The Hall–Kier alpha value is -1.21. The Kier molecular flexibility index (Phi) is 10.5. The molecule has 0 saturated heterocycles. The number of guanidine groups is 1. The summed E-state index contributed by atoms with van der Waals surface area (Å²) >= 11 is 1.24. The molecule has 0 fully saturated rings. The van der Waals surface area contributed by atoms with Crippen LogP contribution in [0.4, 0.5) is 0 Å². The number of nitrogens with zero attached hydrogens (tertiary/aromatic N) is 1. The summed E-state index contributed by atoms with van der Waals surface area (Å²) in [5, 5.41) is 16.8. The molecule has 7 nitrogen and oxygen atoms in total. The molecule has 162 valence electrons. The van der Waals surface area contributed by atoms with Gasteiger partial charge in [0.1, 0.15) is 9.81 Å². The van der Waals surface area contributed by atoms with Gasteiger partial charge >= 0.3 is 0 Å². The first kappa shape index (κ1) is 25.8. The van der Waals surface area contributed by atoms with Gasteiger partial charge in [-0.25, -0.2) is 18.1 Å². The molecule has 0 radical (unpaired) electrons. The molecule has 0 saturated carbocycles. The summed E-state index contributed by atoms with van der Waals surface area (Å²) < 4.78 is 27.3. The molecule has 1 unspecified atom stereocenters. The van der Waals surface area contributed by atoms with Gasteiger partial charge in [0.15, 0.2) is 5.96 Å². The van der Waals surface area contributed by atoms with Crippen molar-refractivity contribution in [2.24, 2.45) is 4.99 Å². The fraction of sp³-hybridized carbons (Fsp3) is 0.421. The quantitative estimate of drug-likeness (QED) is 0.166. The maximum absolute atomic E-state index is 12.2. The van der Waals surface area contributed by atoms with Crippen molar-refractivity contribution in [3.63, 3.8) is 0 Å². The minimum absolute atomic E-state index is 0. The number of sulfonamides is 1. The lowest BCUT2D eigenvalue weighted by atomic mass is 9.96. The van der Waals surface area contributed by atoms with Crippen LogP contribution in [0, 0.1) is 6.92 Å². The number of halogens is 1. The molecular weight excluding hydrogens is 523 g/mol. The van der Waals surface area contributed by atoms with Crippen LogP contribution in [-0.4, -0.2) is 45.7 Å². The third-order valence-electron chi connectivity index (χ3n) is 3.98. The first-order valence-electron chi connectivity index (χ1n) is 9.11. The van der Waals surface area contributed by atoms with Gasteiger partial charge in [-0.05, 0) is 38.5 Å². The Morgan fingerprint density at radius 2 is 1.83 bits per heavy atom. The van der Waals surface area contributed by atoms with E-state index >= 15 is 0 Å². The second kappa shape index (κ2) is 11.8. The molecule has 0 spiro atoms. The number of aliphatic hydroxyl groups is 1. The fourth-order valence-corrected chi connectivity index (χ4v) is 4.82. The van der Waals surface area contributed by atoms with Crippen molar-refractivity contribution in [1.82, 2.24) is 15.4 Å². The van der Waals surface area contributed by atoms with Gasteiger partial charge in [0.05, 0.1) is 6.54 Å². The summed E-state index contributed by atoms with van der Waals surface area (Å²) in [4.78, 5) is 5.38. The maximum Gasteiger partial charge on any atom is 0.250 e. The second-order valence-corrected chi connectivity index (χ2v) is 9.81. The Balaban J connectivity index is 0.00000420. The SMILES string of the molecule is CCNC(=NCC(C)(O)c1ccccc1)NCCNS(=O)(=O)c1ccc(C)s1.I. The van der Waals surface area contributed by atoms with Crippen LogP contribution in [0.5, 0.6) is 0 Å². The van der Waals surface area contributed by atoms with E-state index in [1.54, 1.807) is 19.1 Å². The molecule has 2 rings (SSSR count). The first-order chi connectivity index (χ1) is 13.2. The van der Waals surface area contributed by atoms with Crippen molar-refractivity contribution in [2.45, 2.75) is 30.6 Å². The van der Waals surface area contributed by atoms with Crippen LogP contribution in [0.3, 0.4) is 0 Å². The normalized spacial score (nSPS) is 14.0. The van der Waals surface area contributed by atoms with Crippen molar-refractivity contribution in [2.75, 3.05) is 26.2 Å². The summed E-state index contributed by atoms with van der Waals surface area (Å²) in [6.45, 7) is 6.93. The van der Waals surface area contributed by atoms with Gasteiger partial charge in [-0.1, -0.05) is 30.3 Å². The average Bonchev–Trinajstić information content (AvgIpc) is 3.11. The molecule has 0 aliphatic heterocycles. The molecule has 10 heteroatoms. The van der Waals surface area contributed by atoms with Gasteiger partial charge < -0.3 is 15.7 Å². The summed E-state index contributed by atoms with van der Waals surface area (Å²) in [7, 11) is -3.49. The third-order valence-corrected chi connectivity index (χ3v) is 6.93. The van der Waals surface area contributed by atoms with Crippen LogP contribution in [0.15, 0.2) is 51.7 Å². The molecule has 29 heavy (non-hydrogen) atoms. The summed E-state index contributed by atoms with van der Waals surface area (Å²) in [5.74, 6) is 0.518. The number of aryl methyl sites for hydroxylation is 1. The fourth-order valence-electron chi connectivity index (χ4n) is 2.46. The lowest BCUT2D eigenvalue weighted by Gasteiger charge is -2.22. The van der Waals surface area contributed by atoms with Crippen molar-refractivity contribution < 1.29 is 13.5 Å². The topological polar surface area (TPSA) is 103 Å². The van der Waals surface area contributed by atoms with Gasteiger partial charge in [0, 0.05) is 24.5 Å². The zero-order valence-corrected chi connectivity index (χ0v) is 20.8. The van der Waals surface area contributed by atoms with Gasteiger partial charge in [-0.2, -0.15) is 0 Å². The number of rotatable bonds is 9. The minimum Gasteiger partial charge on any atom is -0.384 e. The van der Waals surface area contributed by atoms with Crippen LogP contribution in [0.1, 0.15) is 24.3 Å². The summed E-state index contributed by atoms with van der Waals surface area (Å²) in [5.41, 5.74) is -0.309. The average molecular weight is 553 g/mol. The van der Waals surface area contributed by atoms with Gasteiger partial charge in [-0.15, -0.1) is 35.3 Å². The van der Waals surface area contributed by atoms with Crippen LogP contribution in [0.2, 0.25) is 0 Å². The van der Waals surface area contributed by atoms with Crippen molar-refractivity contribution in [3.05, 3.63) is 52.9 Å². The molecule has 0 aliphatic rings. The van der Waals surface area contributed by atoms with Crippen molar-refractivity contribution in [3.8, 4) is 0 Å². The first-order valence-corrected chi connectivity index (χ1v) is 11.4. The van der Waals surface area contributed by atoms with E-state index in [2.05, 4.69) is 20.3 Å². The third kappa shape index (κ3) is 8.21. The van der Waals surface area contributed by atoms with E-state index in [9.17, 15) is 13.5 Å². The van der Waals surface area contributed by atoms with Crippen molar-refractivity contribution >= 4 is 51.3 Å². The van der Waals surface area contributed by atoms with E-state index in [0.717, 1.165) is 10.4 Å². The number of hydrogen-bond donors (Lipinski definition) is 4. The summed E-state index contributed by atoms with van der Waals surface area (Å²) in [6, 6.07) is 12.7. The van der Waals surface area contributed by atoms with Crippen LogP contribution >= 0.6 is 35.3 Å². The van der Waals surface area contributed by atoms with E-state index in [1.165, 1.54) is 11.3 Å². The zero-order valence-electron chi connectivity index (χ0n) is 16.8. The molecule has 2 aromatic rings. The lowest BCUT2D eigenvalue weighted by Crippen LogP contribution is -2.42. The number of hydrogen-bond acceptors (Lipinski definition) is 5. The molecule has 4 N–H and O–H groups in total. The monoisotopic (exact) mass is 552 g/mol. The Morgan fingerprint density at radius 3 is 2.41 bits per heavy atom. The maximum atomic E-state index is 12.2. The predicted octanol–water partition coefficient (Wildman–Crippen LogP) is 2.42. The van der Waals surface area contributed by atoms with E-state index in [1.807, 2.05) is 44.2 Å². The van der Waals surface area contributed by atoms with E-state index < -0.39 is 15.6 Å². The Bertz CT molecular complexity index is 884. The van der Waals surface area contributed by atoms with E-state index in [0.29, 0.717) is 23.3 Å².